The molecule has 1 aliphatic heterocycles. The van der Waals surface area contributed by atoms with Gasteiger partial charge in [-0.25, -0.2) is 0 Å². The average molecular weight is 815 g/mol. The second-order valence-electron chi connectivity index (χ2n) is 16.5. The second-order valence-corrected chi connectivity index (χ2v) is 24.2. The molecule has 0 amide bonds. The Morgan fingerprint density at radius 2 is 1.12 bits per heavy atom. The van der Waals surface area contributed by atoms with Crippen LogP contribution in [0.25, 0.3) is 72.4 Å². The molecule has 3 heterocycles. The number of benzene rings is 8. The zero-order valence-electron chi connectivity index (χ0n) is 32.9. The predicted octanol–water partition coefficient (Wildman–Crippen LogP) is 10.6. The second kappa shape index (κ2) is 12.8. The third kappa shape index (κ3) is 4.77. The summed E-state index contributed by atoms with van der Waals surface area (Å²) < 4.78 is 7.77. The van der Waals surface area contributed by atoms with Gasteiger partial charge in [0.1, 0.15) is 0 Å². The molecular formula is C55H39GeN3. The Hall–Kier alpha value is -6.82. The molecule has 0 saturated carbocycles. The molecule has 0 radical (unpaired) electrons. The van der Waals surface area contributed by atoms with E-state index in [4.69, 9.17) is 9.97 Å². The molecule has 4 heteroatoms. The molecule has 12 rings (SSSR count). The molecule has 0 bridgehead atoms. The van der Waals surface area contributed by atoms with Crippen molar-refractivity contribution in [1.82, 2.24) is 14.5 Å². The molecule has 0 fully saturated rings. The van der Waals surface area contributed by atoms with Crippen LogP contribution in [0.1, 0.15) is 25.0 Å². The van der Waals surface area contributed by atoms with Crippen molar-refractivity contribution in [2.24, 2.45) is 0 Å². The van der Waals surface area contributed by atoms with Crippen LogP contribution in [-0.2, 0) is 5.41 Å². The summed E-state index contributed by atoms with van der Waals surface area (Å²) in [6, 6.07) is 73.5. The van der Waals surface area contributed by atoms with Gasteiger partial charge in [-0.15, -0.1) is 0 Å². The summed E-state index contributed by atoms with van der Waals surface area (Å²) in [5.41, 5.74) is 14.3. The van der Waals surface area contributed by atoms with Gasteiger partial charge >= 0.3 is 324 Å². The first kappa shape index (κ1) is 34.2. The summed E-state index contributed by atoms with van der Waals surface area (Å²) in [6.07, 6.45) is 0. The molecule has 10 aromatic rings. The van der Waals surface area contributed by atoms with E-state index in [0.717, 1.165) is 28.3 Å². The van der Waals surface area contributed by atoms with Gasteiger partial charge in [0.25, 0.3) is 0 Å². The third-order valence-corrected chi connectivity index (χ3v) is 22.9. The zero-order chi connectivity index (χ0) is 39.3. The Morgan fingerprint density at radius 1 is 0.492 bits per heavy atom. The quantitative estimate of drug-likeness (QED) is 0.162. The van der Waals surface area contributed by atoms with E-state index in [1.165, 1.54) is 72.9 Å². The van der Waals surface area contributed by atoms with Gasteiger partial charge in [-0.1, -0.05) is 24.3 Å². The molecule has 2 aromatic heterocycles. The van der Waals surface area contributed by atoms with E-state index in [1.54, 1.807) is 0 Å². The van der Waals surface area contributed by atoms with Crippen LogP contribution in [0.3, 0.4) is 0 Å². The maximum atomic E-state index is 5.83. The van der Waals surface area contributed by atoms with Gasteiger partial charge in [-0.2, -0.15) is 0 Å². The van der Waals surface area contributed by atoms with Gasteiger partial charge in [0, 0.05) is 0 Å². The number of hydrogen-bond donors (Lipinski definition) is 0. The minimum atomic E-state index is -3.68. The molecule has 278 valence electrons. The monoisotopic (exact) mass is 815 g/mol. The summed E-state index contributed by atoms with van der Waals surface area (Å²) in [6.45, 7) is 4.76. The maximum absolute atomic E-state index is 5.83. The Balaban J connectivity index is 1.13. The first-order valence-electron chi connectivity index (χ1n) is 20.5. The van der Waals surface area contributed by atoms with Crippen LogP contribution in [0, 0.1) is 0 Å². The van der Waals surface area contributed by atoms with Crippen molar-refractivity contribution < 1.29 is 0 Å². The van der Waals surface area contributed by atoms with Gasteiger partial charge in [0.15, 0.2) is 0 Å². The van der Waals surface area contributed by atoms with Crippen LogP contribution in [0.4, 0.5) is 0 Å². The minimum absolute atomic E-state index is 0.138. The normalized spacial score (nSPS) is 14.2. The first-order valence-corrected chi connectivity index (χ1v) is 24.7. The molecule has 8 aromatic carbocycles. The van der Waals surface area contributed by atoms with Crippen LogP contribution in [0.15, 0.2) is 200 Å². The Labute approximate surface area is 346 Å². The number of para-hydroxylation sites is 1. The molecular weight excluding hydrogens is 775 g/mol. The zero-order valence-corrected chi connectivity index (χ0v) is 35.0. The fraction of sp³-hybridized carbons (Fsp3) is 0.0545. The van der Waals surface area contributed by atoms with E-state index in [2.05, 4.69) is 219 Å². The van der Waals surface area contributed by atoms with E-state index in [-0.39, 0.29) is 5.41 Å². The van der Waals surface area contributed by atoms with Crippen molar-refractivity contribution in [2.45, 2.75) is 19.3 Å². The van der Waals surface area contributed by atoms with Crippen LogP contribution in [0.2, 0.25) is 0 Å². The van der Waals surface area contributed by atoms with Crippen molar-refractivity contribution in [3.63, 3.8) is 0 Å². The van der Waals surface area contributed by atoms with Crippen molar-refractivity contribution >= 4 is 52.8 Å². The van der Waals surface area contributed by atoms with E-state index >= 15 is 0 Å². The number of nitrogens with zero attached hydrogens (tertiary/aromatic N) is 3. The fourth-order valence-corrected chi connectivity index (χ4v) is 21.1. The third-order valence-electron chi connectivity index (χ3n) is 13.0. The van der Waals surface area contributed by atoms with Crippen LogP contribution < -0.4 is 17.7 Å². The molecule has 59 heavy (non-hydrogen) atoms. The average Bonchev–Trinajstić information content (AvgIpc) is 3.88. The van der Waals surface area contributed by atoms with E-state index < -0.39 is 13.3 Å². The van der Waals surface area contributed by atoms with Crippen molar-refractivity contribution in [2.75, 3.05) is 0 Å². The van der Waals surface area contributed by atoms with E-state index in [1.807, 2.05) is 0 Å². The van der Waals surface area contributed by atoms with Crippen LogP contribution >= 0.6 is 0 Å². The topological polar surface area (TPSA) is 30.7 Å². The number of aromatic nitrogens is 3. The molecule has 0 N–H and O–H groups in total. The Kier molecular flexibility index (Phi) is 7.45. The molecule has 1 aliphatic carbocycles. The van der Waals surface area contributed by atoms with Crippen molar-refractivity contribution in [3.8, 4) is 50.6 Å². The molecule has 0 unspecified atom stereocenters. The molecule has 3 nitrogen and oxygen atoms in total. The molecule has 2 aliphatic rings. The predicted molar refractivity (Wildman–Crippen MR) is 247 cm³/mol. The van der Waals surface area contributed by atoms with Crippen LogP contribution in [0.5, 0.6) is 0 Å². The van der Waals surface area contributed by atoms with Gasteiger partial charge in [0.2, 0.25) is 0 Å². The number of rotatable bonds is 5. The van der Waals surface area contributed by atoms with Gasteiger partial charge in [0.05, 0.1) is 0 Å². The standard InChI is InChI=1S/C55H39GeN3/c1-55(2)45-30-15-12-27-41(45)42-33-34-48-49(51(42)55)44-29-14-17-32-47(44)59(48)40-26-18-21-37(35-40)54-57-52(36-19-6-3-7-20-36)50-43-28-13-16-31-46(43)56(53(50)58-54,38-22-8-4-9-23-38)39-24-10-5-11-25-39/h3-35H,1-2H3. The summed E-state index contributed by atoms with van der Waals surface area (Å²) in [4.78, 5) is 11.4. The van der Waals surface area contributed by atoms with Crippen molar-refractivity contribution in [3.05, 3.63) is 211 Å². The van der Waals surface area contributed by atoms with Gasteiger partial charge in [-0.3, -0.25) is 0 Å². The Bertz CT molecular complexity index is 3250. The number of fused-ring (bicyclic) bond motifs is 10. The summed E-state index contributed by atoms with van der Waals surface area (Å²) in [5, 5.41) is 2.60. The van der Waals surface area contributed by atoms with Gasteiger partial charge in [-0.05, 0) is 0 Å². The summed E-state index contributed by atoms with van der Waals surface area (Å²) in [7, 11) is 0. The SMILES string of the molecule is CC1(C)c2ccccc2-c2ccc3c(c21)c1ccccc1n3-c1cccc(-c2nc(-c3ccccc3)c3[c](n2)[Ge]([c]2ccccc2)([c]2ccccc2)[c]2ccccc2-3)c1. The fourth-order valence-electron chi connectivity index (χ4n) is 10.6. The molecule has 0 atom stereocenters. The van der Waals surface area contributed by atoms with Crippen LogP contribution in [-0.4, -0.2) is 27.8 Å². The van der Waals surface area contributed by atoms with E-state index in [0.29, 0.717) is 0 Å². The van der Waals surface area contributed by atoms with Gasteiger partial charge < -0.3 is 0 Å². The molecule has 0 spiro atoms. The Morgan fingerprint density at radius 3 is 1.88 bits per heavy atom. The summed E-state index contributed by atoms with van der Waals surface area (Å²) >= 11 is -3.68. The van der Waals surface area contributed by atoms with Crippen molar-refractivity contribution in [1.29, 1.82) is 0 Å². The summed E-state index contributed by atoms with van der Waals surface area (Å²) in [5.74, 6) is 0.748. The molecule has 0 saturated heterocycles. The number of hydrogen-bond acceptors (Lipinski definition) is 2. The van der Waals surface area contributed by atoms with E-state index in [9.17, 15) is 0 Å². The first-order chi connectivity index (χ1) is 29.0.